The van der Waals surface area contributed by atoms with E-state index in [4.69, 9.17) is 0 Å². The van der Waals surface area contributed by atoms with Gasteiger partial charge in [-0.25, -0.2) is 4.39 Å². The molecule has 2 atom stereocenters. The van der Waals surface area contributed by atoms with Crippen molar-refractivity contribution in [2.24, 2.45) is 5.92 Å². The number of nitrogens with zero attached hydrogens (tertiary/aromatic N) is 1. The first-order valence-corrected chi connectivity index (χ1v) is 6.89. The summed E-state index contributed by atoms with van der Waals surface area (Å²) in [4.78, 5) is 2.14. The number of rotatable bonds is 4. The van der Waals surface area contributed by atoms with Gasteiger partial charge in [0.2, 0.25) is 0 Å². The van der Waals surface area contributed by atoms with E-state index in [0.717, 1.165) is 24.7 Å². The molecule has 1 fully saturated rings. The molecule has 2 nitrogen and oxygen atoms in total. The van der Waals surface area contributed by atoms with Crippen LogP contribution >= 0.6 is 0 Å². The van der Waals surface area contributed by atoms with Crippen molar-refractivity contribution in [2.75, 3.05) is 25.0 Å². The molecule has 0 amide bonds. The summed E-state index contributed by atoms with van der Waals surface area (Å²) in [6.45, 7) is 4.32. The van der Waals surface area contributed by atoms with Gasteiger partial charge in [-0.1, -0.05) is 19.4 Å². The minimum absolute atomic E-state index is 0.164. The molecule has 0 aliphatic carbocycles. The molecule has 2 unspecified atom stereocenters. The van der Waals surface area contributed by atoms with Crippen LogP contribution in [0.15, 0.2) is 24.3 Å². The van der Waals surface area contributed by atoms with Gasteiger partial charge >= 0.3 is 0 Å². The van der Waals surface area contributed by atoms with Crippen LogP contribution in [0.25, 0.3) is 0 Å². The molecule has 1 aromatic carbocycles. The topological polar surface area (TPSA) is 15.3 Å². The number of benzene rings is 1. The minimum Gasteiger partial charge on any atom is -0.373 e. The Morgan fingerprint density at radius 1 is 1.44 bits per heavy atom. The molecule has 100 valence electrons. The Morgan fingerprint density at radius 3 is 3.00 bits per heavy atom. The van der Waals surface area contributed by atoms with Gasteiger partial charge in [0.25, 0.3) is 0 Å². The number of nitrogens with one attached hydrogen (secondary N) is 1. The number of anilines is 1. The average Bonchev–Trinajstić information content (AvgIpc) is 2.39. The zero-order valence-electron chi connectivity index (χ0n) is 11.3. The van der Waals surface area contributed by atoms with Crippen molar-refractivity contribution in [3.05, 3.63) is 30.1 Å². The van der Waals surface area contributed by atoms with Crippen molar-refractivity contribution in [1.29, 1.82) is 0 Å². The first-order chi connectivity index (χ1) is 8.69. The van der Waals surface area contributed by atoms with Crippen LogP contribution in [0.5, 0.6) is 0 Å². The van der Waals surface area contributed by atoms with Crippen LogP contribution in [0, 0.1) is 11.7 Å². The van der Waals surface area contributed by atoms with Gasteiger partial charge < -0.3 is 10.2 Å². The Balaban J connectivity index is 1.92. The molecule has 1 N–H and O–H groups in total. The second-order valence-electron chi connectivity index (χ2n) is 5.31. The molecular formula is C15H23FN2. The number of hydrogen-bond acceptors (Lipinski definition) is 2. The predicted molar refractivity (Wildman–Crippen MR) is 74.5 cm³/mol. The quantitative estimate of drug-likeness (QED) is 0.883. The van der Waals surface area contributed by atoms with E-state index in [1.807, 2.05) is 13.1 Å². The Morgan fingerprint density at radius 2 is 2.28 bits per heavy atom. The molecule has 1 saturated heterocycles. The van der Waals surface area contributed by atoms with Gasteiger partial charge in [0, 0.05) is 25.3 Å². The lowest BCUT2D eigenvalue weighted by molar-refractivity contribution is 0.297. The lowest BCUT2D eigenvalue weighted by Gasteiger charge is -2.33. The Labute approximate surface area is 109 Å². The molecular weight excluding hydrogens is 227 g/mol. The Hall–Kier alpha value is -1.09. The van der Waals surface area contributed by atoms with Gasteiger partial charge in [-0.2, -0.15) is 0 Å². The minimum atomic E-state index is -0.164. The van der Waals surface area contributed by atoms with Crippen LogP contribution in [-0.4, -0.2) is 26.2 Å². The van der Waals surface area contributed by atoms with Gasteiger partial charge in [-0.15, -0.1) is 0 Å². The summed E-state index contributed by atoms with van der Waals surface area (Å²) in [5.41, 5.74) is 0.954. The molecule has 0 saturated carbocycles. The second-order valence-corrected chi connectivity index (χ2v) is 5.31. The highest BCUT2D eigenvalue weighted by Crippen LogP contribution is 2.21. The van der Waals surface area contributed by atoms with Gasteiger partial charge in [0.15, 0.2) is 0 Å². The molecule has 1 heterocycles. The fourth-order valence-corrected chi connectivity index (χ4v) is 2.75. The van der Waals surface area contributed by atoms with Gasteiger partial charge in [0.05, 0.1) is 0 Å². The van der Waals surface area contributed by atoms with Crippen molar-refractivity contribution in [3.63, 3.8) is 0 Å². The summed E-state index contributed by atoms with van der Waals surface area (Å²) >= 11 is 0. The molecule has 3 heteroatoms. The van der Waals surface area contributed by atoms with Crippen molar-refractivity contribution < 1.29 is 4.39 Å². The van der Waals surface area contributed by atoms with Crippen molar-refractivity contribution >= 4 is 5.69 Å². The maximum Gasteiger partial charge on any atom is 0.125 e. The summed E-state index contributed by atoms with van der Waals surface area (Å²) in [5, 5.41) is 3.56. The zero-order valence-corrected chi connectivity index (χ0v) is 11.3. The van der Waals surface area contributed by atoms with E-state index in [9.17, 15) is 4.39 Å². The third-order valence-electron chi connectivity index (χ3n) is 3.92. The molecule has 1 aliphatic heterocycles. The third-order valence-corrected chi connectivity index (χ3v) is 3.92. The molecule has 0 bridgehead atoms. The van der Waals surface area contributed by atoms with E-state index in [2.05, 4.69) is 17.1 Å². The highest BCUT2D eigenvalue weighted by molar-refractivity contribution is 5.45. The lowest BCUT2D eigenvalue weighted by Crippen LogP contribution is -2.45. The van der Waals surface area contributed by atoms with Gasteiger partial charge in [-0.3, -0.25) is 0 Å². The maximum atomic E-state index is 13.2. The summed E-state index contributed by atoms with van der Waals surface area (Å²) < 4.78 is 13.2. The monoisotopic (exact) mass is 250 g/mol. The lowest BCUT2D eigenvalue weighted by atomic mass is 9.90. The fraction of sp³-hybridized carbons (Fsp3) is 0.600. The smallest absolute Gasteiger partial charge is 0.125 e. The SMILES string of the molecule is CCC1CCNC(CN(C)c2cccc(F)c2)C1. The number of hydrogen-bond donors (Lipinski definition) is 1. The molecule has 2 rings (SSSR count). The molecule has 1 aliphatic rings. The van der Waals surface area contributed by atoms with Crippen LogP contribution < -0.4 is 10.2 Å². The highest BCUT2D eigenvalue weighted by Gasteiger charge is 2.21. The maximum absolute atomic E-state index is 13.2. The second kappa shape index (κ2) is 6.19. The van der Waals surface area contributed by atoms with Crippen LogP contribution in [0.4, 0.5) is 10.1 Å². The summed E-state index contributed by atoms with van der Waals surface area (Å²) in [6.07, 6.45) is 3.79. The van der Waals surface area contributed by atoms with Crippen LogP contribution in [0.1, 0.15) is 26.2 Å². The van der Waals surface area contributed by atoms with E-state index >= 15 is 0 Å². The summed E-state index contributed by atoms with van der Waals surface area (Å²) in [6, 6.07) is 7.34. The Bertz CT molecular complexity index is 381. The molecule has 0 radical (unpaired) electrons. The van der Waals surface area contributed by atoms with Crippen LogP contribution in [-0.2, 0) is 0 Å². The number of piperidine rings is 1. The van der Waals surface area contributed by atoms with Gasteiger partial charge in [0.1, 0.15) is 5.82 Å². The predicted octanol–water partition coefficient (Wildman–Crippen LogP) is 3.04. The summed E-state index contributed by atoms with van der Waals surface area (Å²) in [7, 11) is 2.03. The molecule has 1 aromatic rings. The average molecular weight is 250 g/mol. The zero-order chi connectivity index (χ0) is 13.0. The fourth-order valence-electron chi connectivity index (χ4n) is 2.75. The van der Waals surface area contributed by atoms with Crippen LogP contribution in [0.2, 0.25) is 0 Å². The highest BCUT2D eigenvalue weighted by atomic mass is 19.1. The van der Waals surface area contributed by atoms with Crippen molar-refractivity contribution in [1.82, 2.24) is 5.32 Å². The van der Waals surface area contributed by atoms with E-state index < -0.39 is 0 Å². The third kappa shape index (κ3) is 3.45. The van der Waals surface area contributed by atoms with Crippen LogP contribution in [0.3, 0.4) is 0 Å². The number of halogens is 1. The normalized spacial score (nSPS) is 23.9. The van der Waals surface area contributed by atoms with Gasteiger partial charge in [-0.05, 0) is 43.5 Å². The standard InChI is InChI=1S/C15H23FN2/c1-3-12-7-8-17-14(9-12)11-18(2)15-6-4-5-13(16)10-15/h4-6,10,12,14,17H,3,7-9,11H2,1-2H3. The van der Waals surface area contributed by atoms with E-state index in [0.29, 0.717) is 6.04 Å². The van der Waals surface area contributed by atoms with E-state index in [1.165, 1.54) is 25.3 Å². The first-order valence-electron chi connectivity index (χ1n) is 6.89. The number of likely N-dealkylation sites (N-methyl/N-ethyl adjacent to an activating group) is 1. The van der Waals surface area contributed by atoms with Crippen molar-refractivity contribution in [2.45, 2.75) is 32.2 Å². The molecule has 18 heavy (non-hydrogen) atoms. The molecule has 0 aromatic heterocycles. The van der Waals surface area contributed by atoms with Crippen molar-refractivity contribution in [3.8, 4) is 0 Å². The molecule has 0 spiro atoms. The largest absolute Gasteiger partial charge is 0.373 e. The van der Waals surface area contributed by atoms with E-state index in [-0.39, 0.29) is 5.82 Å². The van der Waals surface area contributed by atoms with E-state index in [1.54, 1.807) is 12.1 Å². The Kier molecular flexibility index (Phi) is 4.59. The first kappa shape index (κ1) is 13.3. The summed E-state index contributed by atoms with van der Waals surface area (Å²) in [5.74, 6) is 0.680.